The molecule has 0 atom stereocenters. The predicted octanol–water partition coefficient (Wildman–Crippen LogP) is 4.22. The highest BCUT2D eigenvalue weighted by Crippen LogP contribution is 2.36. The van der Waals surface area contributed by atoms with Gasteiger partial charge in [0.1, 0.15) is 0 Å². The number of halogens is 2. The Morgan fingerprint density at radius 3 is 3.05 bits per heavy atom. The number of hydrogen-bond donors (Lipinski definition) is 1. The number of nitrogens with one attached hydrogen (secondary N) is 1. The topological polar surface area (TPSA) is 67.8 Å². The zero-order chi connectivity index (χ0) is 15.5. The number of alkyl halides is 1. The highest BCUT2D eigenvalue weighted by molar-refractivity contribution is 9.09. The van der Waals surface area contributed by atoms with E-state index in [-0.39, 0.29) is 11.2 Å². The molecule has 9 heteroatoms. The summed E-state index contributed by atoms with van der Waals surface area (Å²) < 4.78 is 0.743. The summed E-state index contributed by atoms with van der Waals surface area (Å²) in [7, 11) is 0. The minimum absolute atomic E-state index is 0.156. The SMILES string of the molecule is O=C(CBr)Nc1nnc(Sc2ccnc3cc(Cl)ccc23)s1. The van der Waals surface area contributed by atoms with Crippen molar-refractivity contribution in [2.24, 2.45) is 0 Å². The first-order valence-corrected chi connectivity index (χ1v) is 9.20. The van der Waals surface area contributed by atoms with Crippen LogP contribution in [0.1, 0.15) is 0 Å². The van der Waals surface area contributed by atoms with Crippen molar-refractivity contribution in [3.63, 3.8) is 0 Å². The monoisotopic (exact) mass is 414 g/mol. The summed E-state index contributed by atoms with van der Waals surface area (Å²) >= 11 is 11.9. The van der Waals surface area contributed by atoms with Crippen LogP contribution >= 0.6 is 50.6 Å². The molecule has 2 aromatic heterocycles. The van der Waals surface area contributed by atoms with Gasteiger partial charge in [-0.05, 0) is 18.2 Å². The number of benzene rings is 1. The van der Waals surface area contributed by atoms with Gasteiger partial charge in [0.25, 0.3) is 0 Å². The van der Waals surface area contributed by atoms with Crippen LogP contribution in [-0.4, -0.2) is 26.4 Å². The first kappa shape index (κ1) is 15.7. The lowest BCUT2D eigenvalue weighted by atomic mass is 10.2. The number of aromatic nitrogens is 3. The smallest absolute Gasteiger partial charge is 0.236 e. The van der Waals surface area contributed by atoms with Crippen molar-refractivity contribution >= 4 is 72.6 Å². The summed E-state index contributed by atoms with van der Waals surface area (Å²) in [4.78, 5) is 16.6. The van der Waals surface area contributed by atoms with Crippen molar-refractivity contribution in [2.45, 2.75) is 9.24 Å². The number of nitrogens with zero attached hydrogens (tertiary/aromatic N) is 3. The summed E-state index contributed by atoms with van der Waals surface area (Å²) in [6.07, 6.45) is 1.73. The van der Waals surface area contributed by atoms with E-state index in [1.165, 1.54) is 23.1 Å². The summed E-state index contributed by atoms with van der Waals surface area (Å²) in [5, 5.41) is 13.0. The summed E-state index contributed by atoms with van der Waals surface area (Å²) in [5.74, 6) is -0.156. The number of amides is 1. The molecule has 0 aliphatic carbocycles. The molecule has 0 aliphatic rings. The van der Waals surface area contributed by atoms with E-state index >= 15 is 0 Å². The third-order valence-corrected chi connectivity index (χ3v) is 5.35. The number of fused-ring (bicyclic) bond motifs is 1. The van der Waals surface area contributed by atoms with Gasteiger partial charge in [-0.25, -0.2) is 0 Å². The standard InChI is InChI=1S/C13H8BrClN4OS2/c14-6-11(20)17-12-18-19-13(22-12)21-10-3-4-16-9-5-7(15)1-2-8(9)10/h1-5H,6H2,(H,17,18,20). The molecular formula is C13H8BrClN4OS2. The van der Waals surface area contributed by atoms with Gasteiger partial charge >= 0.3 is 0 Å². The second-order valence-corrected chi connectivity index (χ2v) is 7.39. The first-order chi connectivity index (χ1) is 10.7. The summed E-state index contributed by atoms with van der Waals surface area (Å²) in [6, 6.07) is 7.50. The molecule has 0 fully saturated rings. The lowest BCUT2D eigenvalue weighted by Crippen LogP contribution is -2.11. The zero-order valence-corrected chi connectivity index (χ0v) is 14.9. The van der Waals surface area contributed by atoms with Crippen LogP contribution in [0, 0.1) is 0 Å². The molecule has 3 rings (SSSR count). The molecule has 2 heterocycles. The Balaban J connectivity index is 1.86. The molecule has 0 aliphatic heterocycles. The third kappa shape index (κ3) is 3.57. The van der Waals surface area contributed by atoms with Crippen molar-refractivity contribution in [1.29, 1.82) is 0 Å². The van der Waals surface area contributed by atoms with Crippen LogP contribution in [0.4, 0.5) is 5.13 Å². The molecule has 112 valence electrons. The number of anilines is 1. The van der Waals surface area contributed by atoms with E-state index < -0.39 is 0 Å². The Bertz CT molecular complexity index is 842. The van der Waals surface area contributed by atoms with Crippen LogP contribution in [0.15, 0.2) is 39.7 Å². The van der Waals surface area contributed by atoms with Crippen molar-refractivity contribution < 1.29 is 4.79 Å². The van der Waals surface area contributed by atoms with Gasteiger partial charge in [-0.1, -0.05) is 56.7 Å². The largest absolute Gasteiger partial charge is 0.300 e. The molecular weight excluding hydrogens is 408 g/mol. The maximum Gasteiger partial charge on any atom is 0.236 e. The van der Waals surface area contributed by atoms with E-state index in [0.29, 0.717) is 10.2 Å². The number of rotatable bonds is 4. The second-order valence-electron chi connectivity index (χ2n) is 4.13. The van der Waals surface area contributed by atoms with Gasteiger partial charge in [-0.2, -0.15) is 0 Å². The maximum absolute atomic E-state index is 11.3. The zero-order valence-electron chi connectivity index (χ0n) is 10.9. The number of hydrogen-bond acceptors (Lipinski definition) is 6. The van der Waals surface area contributed by atoms with Crippen LogP contribution in [0.2, 0.25) is 5.02 Å². The summed E-state index contributed by atoms with van der Waals surface area (Å²) in [5.41, 5.74) is 0.829. The van der Waals surface area contributed by atoms with Crippen molar-refractivity contribution in [2.75, 3.05) is 10.6 Å². The van der Waals surface area contributed by atoms with E-state index in [1.807, 2.05) is 24.3 Å². The van der Waals surface area contributed by atoms with Gasteiger partial charge in [0.05, 0.1) is 10.8 Å². The van der Waals surface area contributed by atoms with Crippen LogP contribution in [0.5, 0.6) is 0 Å². The van der Waals surface area contributed by atoms with Crippen molar-refractivity contribution in [3.8, 4) is 0 Å². The van der Waals surface area contributed by atoms with Gasteiger partial charge in [0.2, 0.25) is 11.0 Å². The quantitative estimate of drug-likeness (QED) is 0.510. The Morgan fingerprint density at radius 1 is 1.36 bits per heavy atom. The molecule has 0 bridgehead atoms. The summed E-state index contributed by atoms with van der Waals surface area (Å²) in [6.45, 7) is 0. The average molecular weight is 416 g/mol. The van der Waals surface area contributed by atoms with E-state index in [0.717, 1.165) is 20.1 Å². The lowest BCUT2D eigenvalue weighted by molar-refractivity contribution is -0.113. The fourth-order valence-electron chi connectivity index (χ4n) is 1.73. The Morgan fingerprint density at radius 2 is 2.23 bits per heavy atom. The van der Waals surface area contributed by atoms with Crippen LogP contribution in [0.3, 0.4) is 0 Å². The van der Waals surface area contributed by atoms with Crippen molar-refractivity contribution in [3.05, 3.63) is 35.5 Å². The fraction of sp³-hybridized carbons (Fsp3) is 0.0769. The Kier molecular flexibility index (Phi) is 4.92. The molecule has 22 heavy (non-hydrogen) atoms. The molecule has 0 saturated heterocycles. The first-order valence-electron chi connectivity index (χ1n) is 6.07. The molecule has 0 saturated carbocycles. The van der Waals surface area contributed by atoms with Crippen molar-refractivity contribution in [1.82, 2.24) is 15.2 Å². The minimum atomic E-state index is -0.156. The lowest BCUT2D eigenvalue weighted by Gasteiger charge is -2.03. The average Bonchev–Trinajstić information content (AvgIpc) is 2.94. The highest BCUT2D eigenvalue weighted by atomic mass is 79.9. The maximum atomic E-state index is 11.3. The van der Waals surface area contributed by atoms with E-state index in [1.54, 1.807) is 6.20 Å². The Labute approximate surface area is 147 Å². The predicted molar refractivity (Wildman–Crippen MR) is 93.2 cm³/mol. The van der Waals surface area contributed by atoms with Crippen LogP contribution in [-0.2, 0) is 4.79 Å². The molecule has 1 N–H and O–H groups in total. The van der Waals surface area contributed by atoms with Gasteiger partial charge in [-0.3, -0.25) is 15.1 Å². The third-order valence-electron chi connectivity index (χ3n) is 2.64. The van der Waals surface area contributed by atoms with E-state index in [9.17, 15) is 4.79 Å². The number of pyridine rings is 1. The fourth-order valence-corrected chi connectivity index (χ4v) is 3.89. The Hall–Kier alpha value is -1.22. The van der Waals surface area contributed by atoms with Gasteiger partial charge < -0.3 is 0 Å². The van der Waals surface area contributed by atoms with Gasteiger partial charge in [0, 0.05) is 21.5 Å². The highest BCUT2D eigenvalue weighted by Gasteiger charge is 2.10. The van der Waals surface area contributed by atoms with E-state index in [2.05, 4.69) is 36.4 Å². The molecule has 0 spiro atoms. The molecule has 1 amide bonds. The molecule has 0 unspecified atom stereocenters. The normalized spacial score (nSPS) is 10.8. The van der Waals surface area contributed by atoms with Crippen LogP contribution in [0.25, 0.3) is 10.9 Å². The minimum Gasteiger partial charge on any atom is -0.300 e. The molecule has 1 aromatic carbocycles. The molecule has 3 aromatic rings. The van der Waals surface area contributed by atoms with E-state index in [4.69, 9.17) is 11.6 Å². The van der Waals surface area contributed by atoms with Gasteiger partial charge in [-0.15, -0.1) is 10.2 Å². The second kappa shape index (κ2) is 6.91. The number of carbonyl (C=O) groups is 1. The molecule has 5 nitrogen and oxygen atoms in total. The number of carbonyl (C=O) groups excluding carboxylic acids is 1. The molecule has 0 radical (unpaired) electrons. The van der Waals surface area contributed by atoms with Crippen LogP contribution < -0.4 is 5.32 Å². The van der Waals surface area contributed by atoms with Gasteiger partial charge in [0.15, 0.2) is 4.34 Å².